The fourth-order valence-electron chi connectivity index (χ4n) is 5.88. The maximum Gasteiger partial charge on any atom is 0.254 e. The summed E-state index contributed by atoms with van der Waals surface area (Å²) < 4.78 is 1.88. The van der Waals surface area contributed by atoms with Crippen LogP contribution in [0.5, 0.6) is 0 Å². The quantitative estimate of drug-likeness (QED) is 0.583. The number of carbonyl (C=O) groups excluding carboxylic acids is 2. The van der Waals surface area contributed by atoms with Gasteiger partial charge in [-0.1, -0.05) is 42.8 Å². The third kappa shape index (κ3) is 3.81. The molecule has 0 bridgehead atoms. The van der Waals surface area contributed by atoms with Crippen molar-refractivity contribution in [1.29, 1.82) is 0 Å². The highest BCUT2D eigenvalue weighted by Crippen LogP contribution is 2.45. The van der Waals surface area contributed by atoms with Gasteiger partial charge in [0.25, 0.3) is 5.91 Å². The Kier molecular flexibility index (Phi) is 5.76. The molecular weight excluding hydrogens is 424 g/mol. The average Bonchev–Trinajstić information content (AvgIpc) is 3.37. The Morgan fingerprint density at radius 3 is 2.56 bits per heavy atom. The van der Waals surface area contributed by atoms with Gasteiger partial charge in [-0.2, -0.15) is 5.10 Å². The Morgan fingerprint density at radius 1 is 1.03 bits per heavy atom. The van der Waals surface area contributed by atoms with Crippen molar-refractivity contribution in [3.8, 4) is 5.69 Å². The van der Waals surface area contributed by atoms with Crippen molar-refractivity contribution in [3.63, 3.8) is 0 Å². The third-order valence-corrected chi connectivity index (χ3v) is 7.65. The first kappa shape index (κ1) is 22.4. The first-order valence-corrected chi connectivity index (χ1v) is 12.1. The number of nitrogens with zero attached hydrogens (tertiary/aromatic N) is 4. The second kappa shape index (κ2) is 8.75. The maximum atomic E-state index is 13.8. The summed E-state index contributed by atoms with van der Waals surface area (Å²) in [6, 6.07) is 20.1. The molecule has 2 fully saturated rings. The predicted molar refractivity (Wildman–Crippen MR) is 132 cm³/mol. The molecule has 0 aliphatic carbocycles. The molecule has 2 atom stereocenters. The van der Waals surface area contributed by atoms with E-state index in [0.717, 1.165) is 36.3 Å². The summed E-state index contributed by atoms with van der Waals surface area (Å²) in [4.78, 5) is 30.6. The number of likely N-dealkylation sites (N-methyl/N-ethyl adjacent to an activating group) is 1. The molecule has 1 spiro atoms. The van der Waals surface area contributed by atoms with E-state index in [1.54, 1.807) is 0 Å². The molecule has 2 amide bonds. The maximum absolute atomic E-state index is 13.8. The second-order valence-electron chi connectivity index (χ2n) is 9.80. The van der Waals surface area contributed by atoms with Crippen LogP contribution in [0, 0.1) is 13.8 Å². The van der Waals surface area contributed by atoms with Gasteiger partial charge in [0, 0.05) is 43.7 Å². The zero-order valence-corrected chi connectivity index (χ0v) is 20.2. The van der Waals surface area contributed by atoms with Crippen LogP contribution < -0.4 is 0 Å². The van der Waals surface area contributed by atoms with E-state index in [2.05, 4.69) is 17.2 Å². The summed E-state index contributed by atoms with van der Waals surface area (Å²) in [5.74, 6) is 0.273. The number of aryl methyl sites for hydroxylation is 2. The van der Waals surface area contributed by atoms with Crippen molar-refractivity contribution in [2.24, 2.45) is 0 Å². The zero-order chi connectivity index (χ0) is 23.9. The Morgan fingerprint density at radius 2 is 1.82 bits per heavy atom. The molecule has 1 aromatic heterocycles. The third-order valence-electron chi connectivity index (χ3n) is 7.65. The second-order valence-corrected chi connectivity index (χ2v) is 9.80. The molecule has 0 radical (unpaired) electrons. The van der Waals surface area contributed by atoms with Crippen molar-refractivity contribution < 1.29 is 9.59 Å². The topological polar surface area (TPSA) is 58.4 Å². The molecule has 6 nitrogen and oxygen atoms in total. The number of amides is 2. The number of rotatable bonds is 3. The van der Waals surface area contributed by atoms with Crippen LogP contribution in [-0.4, -0.2) is 57.1 Å². The molecule has 0 saturated carbocycles. The summed E-state index contributed by atoms with van der Waals surface area (Å²) in [7, 11) is 1.93. The van der Waals surface area contributed by atoms with Crippen LogP contribution >= 0.6 is 0 Å². The molecule has 3 heterocycles. The smallest absolute Gasteiger partial charge is 0.254 e. The molecular formula is C28H32N4O2. The van der Waals surface area contributed by atoms with Crippen LogP contribution in [0.15, 0.2) is 60.7 Å². The molecule has 6 heteroatoms. The number of aromatic nitrogens is 2. The minimum Gasteiger partial charge on any atom is -0.338 e. The van der Waals surface area contributed by atoms with Crippen molar-refractivity contribution in [1.82, 2.24) is 19.6 Å². The first-order valence-electron chi connectivity index (χ1n) is 12.1. The lowest BCUT2D eigenvalue weighted by Crippen LogP contribution is -2.53. The fourth-order valence-corrected chi connectivity index (χ4v) is 5.88. The molecule has 0 N–H and O–H groups in total. The van der Waals surface area contributed by atoms with Gasteiger partial charge in [-0.3, -0.25) is 9.59 Å². The molecule has 176 valence electrons. The van der Waals surface area contributed by atoms with Gasteiger partial charge in [0.1, 0.15) is 0 Å². The lowest BCUT2D eigenvalue weighted by molar-refractivity contribution is -0.134. The van der Waals surface area contributed by atoms with Gasteiger partial charge in [0.15, 0.2) is 0 Å². The molecule has 3 aromatic rings. The highest BCUT2D eigenvalue weighted by molar-refractivity contribution is 5.95. The predicted octanol–water partition coefficient (Wildman–Crippen LogP) is 4.50. The molecule has 2 aliphatic rings. The summed E-state index contributed by atoms with van der Waals surface area (Å²) in [5.41, 5.74) is 4.32. The van der Waals surface area contributed by atoms with E-state index in [1.165, 1.54) is 5.56 Å². The van der Waals surface area contributed by atoms with E-state index in [1.807, 2.05) is 83.9 Å². The molecule has 2 aliphatic heterocycles. The van der Waals surface area contributed by atoms with Gasteiger partial charge in [0.2, 0.25) is 5.91 Å². The Balaban J connectivity index is 1.50. The highest BCUT2D eigenvalue weighted by atomic mass is 16.2. The zero-order valence-electron chi connectivity index (χ0n) is 20.2. The summed E-state index contributed by atoms with van der Waals surface area (Å²) in [6.45, 7) is 5.14. The van der Waals surface area contributed by atoms with Gasteiger partial charge in [-0.05, 0) is 56.5 Å². The van der Waals surface area contributed by atoms with Crippen molar-refractivity contribution in [2.75, 3.05) is 20.1 Å². The molecule has 34 heavy (non-hydrogen) atoms. The van der Waals surface area contributed by atoms with Crippen molar-refractivity contribution >= 4 is 11.8 Å². The van der Waals surface area contributed by atoms with Crippen LogP contribution in [0.3, 0.4) is 0 Å². The van der Waals surface area contributed by atoms with E-state index in [-0.39, 0.29) is 23.3 Å². The fraction of sp³-hybridized carbons (Fsp3) is 0.393. The molecule has 5 rings (SSSR count). The minimum absolute atomic E-state index is 0.00582. The Bertz CT molecular complexity index is 1220. The number of likely N-dealkylation sites (tertiary alicyclic amines) is 2. The van der Waals surface area contributed by atoms with E-state index >= 15 is 0 Å². The molecule has 1 unspecified atom stereocenters. The largest absolute Gasteiger partial charge is 0.338 e. The number of hydrogen-bond donors (Lipinski definition) is 0. The van der Waals surface area contributed by atoms with Gasteiger partial charge in [-0.15, -0.1) is 0 Å². The Labute approximate surface area is 201 Å². The minimum atomic E-state index is -0.377. The average molecular weight is 457 g/mol. The van der Waals surface area contributed by atoms with Gasteiger partial charge in [0.05, 0.1) is 16.9 Å². The molecule has 2 aromatic carbocycles. The molecule has 2 saturated heterocycles. The van der Waals surface area contributed by atoms with Crippen molar-refractivity contribution in [2.45, 2.75) is 51.0 Å². The highest BCUT2D eigenvalue weighted by Gasteiger charge is 2.52. The number of carbonyl (C=O) groups is 2. The normalized spacial score (nSPS) is 22.9. The van der Waals surface area contributed by atoms with Crippen LogP contribution in [0.2, 0.25) is 0 Å². The number of benzene rings is 2. The first-order chi connectivity index (χ1) is 16.4. The van der Waals surface area contributed by atoms with Gasteiger partial charge in [-0.25, -0.2) is 4.68 Å². The standard InChI is InChI=1S/C28H32N4O2/c1-20-16-21(2)32(29-20)24-13-9-12-23(17-24)27(34)31-18-25(22-10-5-4-6-11-22)28(19-31)15-8-7-14-26(33)30(28)3/h4-6,9-13,16-17,25H,7-8,14-15,18-19H2,1-3H3/t25?,28-/m1/s1. The van der Waals surface area contributed by atoms with Crippen LogP contribution in [0.25, 0.3) is 5.69 Å². The van der Waals surface area contributed by atoms with E-state index in [0.29, 0.717) is 25.1 Å². The summed E-state index contributed by atoms with van der Waals surface area (Å²) >= 11 is 0. The van der Waals surface area contributed by atoms with Gasteiger partial charge >= 0.3 is 0 Å². The van der Waals surface area contributed by atoms with E-state index in [9.17, 15) is 9.59 Å². The van der Waals surface area contributed by atoms with E-state index < -0.39 is 0 Å². The lowest BCUT2D eigenvalue weighted by atomic mass is 9.78. The van der Waals surface area contributed by atoms with Crippen molar-refractivity contribution in [3.05, 3.63) is 83.2 Å². The van der Waals surface area contributed by atoms with Crippen LogP contribution in [0.1, 0.15) is 58.9 Å². The van der Waals surface area contributed by atoms with Crippen LogP contribution in [0.4, 0.5) is 0 Å². The van der Waals surface area contributed by atoms with Crippen LogP contribution in [-0.2, 0) is 4.79 Å². The summed E-state index contributed by atoms with van der Waals surface area (Å²) in [6.07, 6.45) is 3.39. The van der Waals surface area contributed by atoms with E-state index in [4.69, 9.17) is 0 Å². The summed E-state index contributed by atoms with van der Waals surface area (Å²) in [5, 5.41) is 4.57. The lowest BCUT2D eigenvalue weighted by Gasteiger charge is -2.42. The van der Waals surface area contributed by atoms with Gasteiger partial charge < -0.3 is 9.80 Å². The number of hydrogen-bond acceptors (Lipinski definition) is 3. The SMILES string of the molecule is Cc1cc(C)n(-c2cccc(C(=O)N3CC(c4ccccc4)[C@@]4(CCCCC(=O)N4C)C3)c2)n1. The monoisotopic (exact) mass is 456 g/mol. The Hall–Kier alpha value is -3.41.